The van der Waals surface area contributed by atoms with Crippen molar-refractivity contribution in [1.82, 2.24) is 4.90 Å². The minimum absolute atomic E-state index is 0.0644. The van der Waals surface area contributed by atoms with E-state index in [2.05, 4.69) is 4.90 Å². The van der Waals surface area contributed by atoms with Crippen molar-refractivity contribution in [2.24, 2.45) is 0 Å². The molecule has 9 heteroatoms. The number of ether oxygens (including phenoxy) is 1. The average molecular weight is 529 g/mol. The van der Waals surface area contributed by atoms with Gasteiger partial charge >= 0.3 is 11.6 Å². The molecule has 0 aliphatic carbocycles. The third kappa shape index (κ3) is 4.22. The van der Waals surface area contributed by atoms with Crippen LogP contribution in [0.15, 0.2) is 69.9 Å². The van der Waals surface area contributed by atoms with E-state index in [1.54, 1.807) is 30.3 Å². The molecule has 192 valence electrons. The molecule has 3 heterocycles. The molecule has 0 spiro atoms. The van der Waals surface area contributed by atoms with Gasteiger partial charge in [0.2, 0.25) is 0 Å². The van der Waals surface area contributed by atoms with Crippen LogP contribution in [0.2, 0.25) is 0 Å². The Morgan fingerprint density at radius 3 is 2.50 bits per heavy atom. The Balaban J connectivity index is 1.16. The smallest absolute Gasteiger partial charge is 0.351 e. The number of fused-ring (bicyclic) bond motifs is 1. The fourth-order valence-corrected chi connectivity index (χ4v) is 5.99. The lowest BCUT2D eigenvalue weighted by molar-refractivity contribution is 0.0472. The number of para-hydroxylation sites is 1. The highest BCUT2D eigenvalue weighted by atomic mass is 32.2. The zero-order valence-corrected chi connectivity index (χ0v) is 21.3. The lowest BCUT2D eigenvalue weighted by Gasteiger charge is -2.32. The standard InChI is InChI=1S/C29H24N2O6S/c32-26-20-7-3-6-19-23(30-12-15-38-16-13-30)10-9-21(25(19)20)27(33)31(26)11-4-14-36-28(34)22-17-18-5-1-2-8-24(18)37-29(22)35/h1-3,5-10,17H,4,11-16H2. The zero-order valence-electron chi connectivity index (χ0n) is 20.5. The van der Waals surface area contributed by atoms with Crippen LogP contribution in [0.3, 0.4) is 0 Å². The summed E-state index contributed by atoms with van der Waals surface area (Å²) in [5, 5.41) is 2.22. The Hall–Kier alpha value is -4.11. The molecule has 0 bridgehead atoms. The summed E-state index contributed by atoms with van der Waals surface area (Å²) in [7, 11) is 0. The number of thioether (sulfide) groups is 1. The van der Waals surface area contributed by atoms with Gasteiger partial charge in [0.25, 0.3) is 11.8 Å². The molecule has 8 nitrogen and oxygen atoms in total. The minimum atomic E-state index is -0.806. The molecule has 0 N–H and O–H groups in total. The highest BCUT2D eigenvalue weighted by Crippen LogP contribution is 2.36. The van der Waals surface area contributed by atoms with Crippen molar-refractivity contribution in [2.75, 3.05) is 42.6 Å². The topological polar surface area (TPSA) is 97.1 Å². The van der Waals surface area contributed by atoms with Gasteiger partial charge in [-0.15, -0.1) is 0 Å². The molecular formula is C29H24N2O6S. The first kappa shape index (κ1) is 24.2. The van der Waals surface area contributed by atoms with E-state index in [9.17, 15) is 19.2 Å². The third-order valence-electron chi connectivity index (χ3n) is 6.94. The maximum Gasteiger partial charge on any atom is 0.351 e. The molecule has 0 unspecified atom stereocenters. The number of esters is 1. The number of benzene rings is 3. The first-order valence-corrected chi connectivity index (χ1v) is 13.6. The fraction of sp³-hybridized carbons (Fsp3) is 0.241. The Morgan fingerprint density at radius 2 is 1.68 bits per heavy atom. The second-order valence-electron chi connectivity index (χ2n) is 9.20. The van der Waals surface area contributed by atoms with E-state index >= 15 is 0 Å². The molecule has 2 aliphatic heterocycles. The second kappa shape index (κ2) is 9.98. The molecule has 4 aromatic rings. The Labute approximate surface area is 222 Å². The number of carbonyl (C=O) groups is 3. The summed E-state index contributed by atoms with van der Waals surface area (Å²) < 4.78 is 10.5. The molecule has 2 amide bonds. The van der Waals surface area contributed by atoms with Gasteiger partial charge in [-0.3, -0.25) is 14.5 Å². The highest BCUT2D eigenvalue weighted by Gasteiger charge is 2.33. The fourth-order valence-electron chi connectivity index (χ4n) is 5.08. The summed E-state index contributed by atoms with van der Waals surface area (Å²) in [5.41, 5.74) is 1.45. The van der Waals surface area contributed by atoms with Gasteiger partial charge in [0, 0.05) is 64.1 Å². The van der Waals surface area contributed by atoms with Gasteiger partial charge in [0.15, 0.2) is 0 Å². The number of hydrogen-bond acceptors (Lipinski definition) is 8. The number of rotatable bonds is 6. The van der Waals surface area contributed by atoms with Crippen LogP contribution >= 0.6 is 11.8 Å². The van der Waals surface area contributed by atoms with Crippen molar-refractivity contribution in [3.63, 3.8) is 0 Å². The molecule has 0 radical (unpaired) electrons. The SMILES string of the molecule is O=C(OCCCN1C(=O)c2cccc3c(N4CCSCC4)ccc(c23)C1=O)c1cc2ccccc2oc1=O. The molecule has 1 fully saturated rings. The van der Waals surface area contributed by atoms with Crippen LogP contribution < -0.4 is 10.5 Å². The molecule has 38 heavy (non-hydrogen) atoms. The van der Waals surface area contributed by atoms with E-state index in [0.717, 1.165) is 35.7 Å². The molecule has 1 aromatic heterocycles. The van der Waals surface area contributed by atoms with Crippen LogP contribution in [0.1, 0.15) is 37.5 Å². The van der Waals surface area contributed by atoms with Gasteiger partial charge in [-0.05, 0) is 36.8 Å². The molecule has 0 saturated carbocycles. The van der Waals surface area contributed by atoms with E-state index in [0.29, 0.717) is 27.5 Å². The van der Waals surface area contributed by atoms with Crippen molar-refractivity contribution < 1.29 is 23.5 Å². The molecule has 0 atom stereocenters. The van der Waals surface area contributed by atoms with Crippen LogP contribution in [0.25, 0.3) is 21.7 Å². The first-order valence-electron chi connectivity index (χ1n) is 12.5. The normalized spacial score (nSPS) is 15.4. The van der Waals surface area contributed by atoms with Crippen LogP contribution in [0, 0.1) is 0 Å². The van der Waals surface area contributed by atoms with Gasteiger partial charge in [-0.25, -0.2) is 9.59 Å². The quantitative estimate of drug-likeness (QED) is 0.158. The van der Waals surface area contributed by atoms with E-state index in [-0.39, 0.29) is 37.0 Å². The lowest BCUT2D eigenvalue weighted by atomic mass is 9.92. The zero-order chi connectivity index (χ0) is 26.2. The Bertz CT molecular complexity index is 1630. The number of carbonyl (C=O) groups excluding carboxylic acids is 3. The predicted molar refractivity (Wildman–Crippen MR) is 146 cm³/mol. The van der Waals surface area contributed by atoms with Crippen molar-refractivity contribution in [1.29, 1.82) is 0 Å². The molecule has 3 aromatic carbocycles. The first-order chi connectivity index (χ1) is 18.5. The van der Waals surface area contributed by atoms with Gasteiger partial charge in [-0.1, -0.05) is 30.3 Å². The number of nitrogens with zero attached hydrogens (tertiary/aromatic N) is 2. The van der Waals surface area contributed by atoms with Crippen LogP contribution in [0.5, 0.6) is 0 Å². The summed E-state index contributed by atoms with van der Waals surface area (Å²) in [6.45, 7) is 1.87. The summed E-state index contributed by atoms with van der Waals surface area (Å²) >= 11 is 1.92. The Morgan fingerprint density at radius 1 is 0.921 bits per heavy atom. The number of amides is 2. The molecule has 2 aliphatic rings. The van der Waals surface area contributed by atoms with Crippen LogP contribution in [-0.4, -0.2) is 60.4 Å². The van der Waals surface area contributed by atoms with E-state index in [4.69, 9.17) is 9.15 Å². The van der Waals surface area contributed by atoms with Crippen molar-refractivity contribution in [3.8, 4) is 0 Å². The van der Waals surface area contributed by atoms with Gasteiger partial charge in [-0.2, -0.15) is 11.8 Å². The van der Waals surface area contributed by atoms with Crippen molar-refractivity contribution in [3.05, 3.63) is 87.8 Å². The van der Waals surface area contributed by atoms with Crippen LogP contribution in [-0.2, 0) is 4.74 Å². The Kier molecular flexibility index (Phi) is 6.37. The molecule has 6 rings (SSSR count). The summed E-state index contributed by atoms with van der Waals surface area (Å²) in [6.07, 6.45) is 0.233. The van der Waals surface area contributed by atoms with Crippen molar-refractivity contribution >= 4 is 57.0 Å². The number of anilines is 1. The molecular weight excluding hydrogens is 504 g/mol. The third-order valence-corrected chi connectivity index (χ3v) is 7.88. The van der Waals surface area contributed by atoms with E-state index < -0.39 is 11.6 Å². The summed E-state index contributed by atoms with van der Waals surface area (Å²) in [6, 6.07) is 17.7. The second-order valence-corrected chi connectivity index (χ2v) is 10.4. The number of hydrogen-bond donors (Lipinski definition) is 0. The van der Waals surface area contributed by atoms with Gasteiger partial charge in [0.05, 0.1) is 6.61 Å². The maximum absolute atomic E-state index is 13.3. The van der Waals surface area contributed by atoms with Crippen molar-refractivity contribution in [2.45, 2.75) is 6.42 Å². The van der Waals surface area contributed by atoms with Crippen LogP contribution in [0.4, 0.5) is 5.69 Å². The monoisotopic (exact) mass is 528 g/mol. The average Bonchev–Trinajstić information content (AvgIpc) is 2.95. The minimum Gasteiger partial charge on any atom is -0.462 e. The van der Waals surface area contributed by atoms with Gasteiger partial charge in [0.1, 0.15) is 11.1 Å². The predicted octanol–water partition coefficient (Wildman–Crippen LogP) is 4.34. The number of imide groups is 1. The lowest BCUT2D eigenvalue weighted by Crippen LogP contribution is -2.41. The summed E-state index contributed by atoms with van der Waals surface area (Å²) in [4.78, 5) is 54.9. The summed E-state index contributed by atoms with van der Waals surface area (Å²) in [5.74, 6) is 0.567. The van der Waals surface area contributed by atoms with Gasteiger partial charge < -0.3 is 14.1 Å². The van der Waals surface area contributed by atoms with E-state index in [1.807, 2.05) is 36.0 Å². The largest absolute Gasteiger partial charge is 0.462 e. The molecule has 1 saturated heterocycles. The highest BCUT2D eigenvalue weighted by molar-refractivity contribution is 7.99. The van der Waals surface area contributed by atoms with E-state index in [1.165, 1.54) is 11.0 Å². The maximum atomic E-state index is 13.3.